The molecule has 0 spiro atoms. The summed E-state index contributed by atoms with van der Waals surface area (Å²) in [6.45, 7) is 6.82. The molecule has 4 heteroatoms. The summed E-state index contributed by atoms with van der Waals surface area (Å²) in [5.41, 5.74) is 0. The predicted molar refractivity (Wildman–Crippen MR) is 130 cm³/mol. The topological polar surface area (TPSA) is 63.6 Å². The average molecular weight is 441 g/mol. The van der Waals surface area contributed by atoms with Crippen LogP contribution >= 0.6 is 0 Å². The van der Waals surface area contributed by atoms with Gasteiger partial charge in [-0.3, -0.25) is 9.59 Å². The molecule has 1 N–H and O–H groups in total. The maximum atomic E-state index is 12.2. The van der Waals surface area contributed by atoms with Crippen molar-refractivity contribution in [2.75, 3.05) is 0 Å². The molecule has 184 valence electrons. The summed E-state index contributed by atoms with van der Waals surface area (Å²) in [5.74, 6) is -0.146. The summed E-state index contributed by atoms with van der Waals surface area (Å²) in [6.07, 6.45) is 21.5. The molecule has 0 aliphatic carbocycles. The largest absolute Gasteiger partial charge is 0.481 e. The number of aliphatic carboxylic acids is 1. The maximum Gasteiger partial charge on any atom is 0.306 e. The lowest BCUT2D eigenvalue weighted by Gasteiger charge is -2.18. The van der Waals surface area contributed by atoms with E-state index in [-0.39, 0.29) is 18.5 Å². The van der Waals surface area contributed by atoms with Gasteiger partial charge in [-0.25, -0.2) is 0 Å². The molecule has 0 saturated heterocycles. The molecular formula is C27H52O4. The van der Waals surface area contributed by atoms with Crippen LogP contribution in [0.5, 0.6) is 0 Å². The smallest absolute Gasteiger partial charge is 0.306 e. The minimum absolute atomic E-state index is 0.0442. The van der Waals surface area contributed by atoms with E-state index in [1.54, 1.807) is 0 Å². The molecule has 0 saturated carbocycles. The molecule has 0 aromatic heterocycles. The highest BCUT2D eigenvalue weighted by molar-refractivity contribution is 5.70. The third-order valence-electron chi connectivity index (χ3n) is 6.01. The second kappa shape index (κ2) is 22.1. The van der Waals surface area contributed by atoms with Crippen LogP contribution in [0.25, 0.3) is 0 Å². The Labute approximate surface area is 192 Å². The molecule has 1 unspecified atom stereocenters. The molecule has 4 nitrogen and oxygen atoms in total. The van der Waals surface area contributed by atoms with Gasteiger partial charge in [0.2, 0.25) is 0 Å². The number of hydrogen-bond acceptors (Lipinski definition) is 3. The van der Waals surface area contributed by atoms with Gasteiger partial charge in [0, 0.05) is 12.8 Å². The van der Waals surface area contributed by atoms with E-state index in [0.29, 0.717) is 19.3 Å². The second-order valence-electron chi connectivity index (χ2n) is 9.72. The van der Waals surface area contributed by atoms with Gasteiger partial charge in [0.15, 0.2) is 0 Å². The number of ether oxygens (including phenoxy) is 1. The van der Waals surface area contributed by atoms with E-state index >= 15 is 0 Å². The van der Waals surface area contributed by atoms with Crippen molar-refractivity contribution >= 4 is 11.9 Å². The van der Waals surface area contributed by atoms with Crippen molar-refractivity contribution in [3.63, 3.8) is 0 Å². The number of unbranched alkanes of at least 4 members (excludes halogenated alkanes) is 12. The maximum absolute atomic E-state index is 12.2. The molecule has 1 atom stereocenters. The number of carboxylic acids is 1. The zero-order valence-corrected chi connectivity index (χ0v) is 21.0. The number of carboxylic acid groups (broad SMARTS) is 1. The Bertz CT molecular complexity index is 419. The number of esters is 1. The van der Waals surface area contributed by atoms with Crippen LogP contribution < -0.4 is 0 Å². The van der Waals surface area contributed by atoms with Crippen LogP contribution in [0.1, 0.15) is 149 Å². The highest BCUT2D eigenvalue weighted by atomic mass is 16.5. The molecule has 0 heterocycles. The molecule has 0 bridgehead atoms. The Kier molecular flexibility index (Phi) is 21.4. The van der Waals surface area contributed by atoms with Gasteiger partial charge in [-0.05, 0) is 44.4 Å². The first kappa shape index (κ1) is 29.9. The number of rotatable bonds is 23. The van der Waals surface area contributed by atoms with Crippen molar-refractivity contribution in [1.29, 1.82) is 0 Å². The Hall–Kier alpha value is -1.06. The normalized spacial score (nSPS) is 12.3. The van der Waals surface area contributed by atoms with Crippen molar-refractivity contribution in [2.45, 2.75) is 155 Å². The molecule has 0 fully saturated rings. The first-order valence-corrected chi connectivity index (χ1v) is 13.4. The monoisotopic (exact) mass is 440 g/mol. The third kappa shape index (κ3) is 23.4. The first-order chi connectivity index (χ1) is 15.0. The van der Waals surface area contributed by atoms with Gasteiger partial charge in [-0.2, -0.15) is 0 Å². The summed E-state index contributed by atoms with van der Waals surface area (Å²) in [6, 6.07) is 0. The Morgan fingerprint density at radius 1 is 0.645 bits per heavy atom. The standard InChI is InChI=1S/C27H52O4/c1-4-5-6-7-8-9-12-15-20-25(21-16-13-10-11-14-19-24(2)3)31-27(30)23-18-17-22-26(28)29/h24-25H,4-23H2,1-3H3,(H,28,29). The van der Waals surface area contributed by atoms with Gasteiger partial charge < -0.3 is 9.84 Å². The van der Waals surface area contributed by atoms with Crippen molar-refractivity contribution in [2.24, 2.45) is 5.92 Å². The van der Waals surface area contributed by atoms with E-state index in [2.05, 4.69) is 20.8 Å². The minimum Gasteiger partial charge on any atom is -0.481 e. The van der Waals surface area contributed by atoms with E-state index in [0.717, 1.165) is 31.6 Å². The summed E-state index contributed by atoms with van der Waals surface area (Å²) < 4.78 is 5.79. The lowest BCUT2D eigenvalue weighted by molar-refractivity contribution is -0.150. The Morgan fingerprint density at radius 3 is 1.58 bits per heavy atom. The van der Waals surface area contributed by atoms with Gasteiger partial charge in [0.1, 0.15) is 6.10 Å². The molecule has 0 amide bonds. The van der Waals surface area contributed by atoms with Crippen LogP contribution in [0.4, 0.5) is 0 Å². The highest BCUT2D eigenvalue weighted by Crippen LogP contribution is 2.18. The molecule has 31 heavy (non-hydrogen) atoms. The summed E-state index contributed by atoms with van der Waals surface area (Å²) >= 11 is 0. The summed E-state index contributed by atoms with van der Waals surface area (Å²) in [4.78, 5) is 22.8. The van der Waals surface area contributed by atoms with E-state index in [4.69, 9.17) is 9.84 Å². The van der Waals surface area contributed by atoms with Crippen molar-refractivity contribution in [3.8, 4) is 0 Å². The van der Waals surface area contributed by atoms with Crippen molar-refractivity contribution in [3.05, 3.63) is 0 Å². The van der Waals surface area contributed by atoms with Crippen LogP contribution in [0.15, 0.2) is 0 Å². The van der Waals surface area contributed by atoms with E-state index in [1.165, 1.54) is 77.0 Å². The van der Waals surface area contributed by atoms with Gasteiger partial charge in [-0.1, -0.05) is 97.8 Å². The third-order valence-corrected chi connectivity index (χ3v) is 6.01. The summed E-state index contributed by atoms with van der Waals surface area (Å²) in [5, 5.41) is 8.71. The van der Waals surface area contributed by atoms with E-state index < -0.39 is 5.97 Å². The fraction of sp³-hybridized carbons (Fsp3) is 0.926. The van der Waals surface area contributed by atoms with Gasteiger partial charge in [0.05, 0.1) is 0 Å². The van der Waals surface area contributed by atoms with Gasteiger partial charge in [0.25, 0.3) is 0 Å². The Balaban J connectivity index is 4.07. The minimum atomic E-state index is -0.797. The van der Waals surface area contributed by atoms with E-state index in [9.17, 15) is 9.59 Å². The van der Waals surface area contributed by atoms with Gasteiger partial charge >= 0.3 is 11.9 Å². The van der Waals surface area contributed by atoms with Crippen LogP contribution in [0.3, 0.4) is 0 Å². The van der Waals surface area contributed by atoms with Crippen LogP contribution in [0.2, 0.25) is 0 Å². The zero-order valence-electron chi connectivity index (χ0n) is 21.0. The quantitative estimate of drug-likeness (QED) is 0.128. The van der Waals surface area contributed by atoms with Crippen LogP contribution in [-0.2, 0) is 14.3 Å². The van der Waals surface area contributed by atoms with Crippen LogP contribution in [-0.4, -0.2) is 23.1 Å². The Morgan fingerprint density at radius 2 is 1.10 bits per heavy atom. The molecule has 0 aliphatic heterocycles. The molecule has 0 rings (SSSR count). The summed E-state index contributed by atoms with van der Waals surface area (Å²) in [7, 11) is 0. The van der Waals surface area contributed by atoms with E-state index in [1.807, 2.05) is 0 Å². The first-order valence-electron chi connectivity index (χ1n) is 13.4. The molecule has 0 aromatic rings. The molecule has 0 radical (unpaired) electrons. The molecule has 0 aromatic carbocycles. The number of hydrogen-bond donors (Lipinski definition) is 1. The second-order valence-corrected chi connectivity index (χ2v) is 9.72. The van der Waals surface area contributed by atoms with Gasteiger partial charge in [-0.15, -0.1) is 0 Å². The lowest BCUT2D eigenvalue weighted by Crippen LogP contribution is -2.18. The fourth-order valence-electron chi connectivity index (χ4n) is 4.01. The lowest BCUT2D eigenvalue weighted by atomic mass is 10.0. The number of carbonyl (C=O) groups excluding carboxylic acids is 1. The number of carbonyl (C=O) groups is 2. The molecule has 0 aliphatic rings. The average Bonchev–Trinajstić information content (AvgIpc) is 2.71. The van der Waals surface area contributed by atoms with Crippen LogP contribution in [0, 0.1) is 5.92 Å². The zero-order chi connectivity index (χ0) is 23.2. The SMILES string of the molecule is CCCCCCCCCCC(CCCCCCCC(C)C)OC(=O)CCCCC(=O)O. The fourth-order valence-corrected chi connectivity index (χ4v) is 4.01. The predicted octanol–water partition coefficient (Wildman–Crippen LogP) is 8.46. The van der Waals surface area contributed by atoms with Crippen molar-refractivity contribution in [1.82, 2.24) is 0 Å². The molecular weight excluding hydrogens is 388 g/mol. The van der Waals surface area contributed by atoms with Crippen molar-refractivity contribution < 1.29 is 19.4 Å². The highest BCUT2D eigenvalue weighted by Gasteiger charge is 2.14.